The Balaban J connectivity index is 1.54. The summed E-state index contributed by atoms with van der Waals surface area (Å²) in [5, 5.41) is 0. The first kappa shape index (κ1) is 15.8. The van der Waals surface area contributed by atoms with Crippen molar-refractivity contribution in [3.05, 3.63) is 35.6 Å². The molecule has 2 aliphatic heterocycles. The van der Waals surface area contributed by atoms with Gasteiger partial charge in [0.1, 0.15) is 17.2 Å². The lowest BCUT2D eigenvalue weighted by molar-refractivity contribution is -0.132. The monoisotopic (exact) mass is 329 g/mol. The van der Waals surface area contributed by atoms with E-state index in [1.54, 1.807) is 6.07 Å². The predicted molar refractivity (Wildman–Crippen MR) is 91.1 cm³/mol. The van der Waals surface area contributed by atoms with Gasteiger partial charge in [-0.05, 0) is 38.7 Å². The second kappa shape index (κ2) is 5.66. The number of amidine groups is 1. The maximum absolute atomic E-state index is 13.9. The lowest BCUT2D eigenvalue weighted by atomic mass is 9.85. The van der Waals surface area contributed by atoms with Gasteiger partial charge in [-0.1, -0.05) is 18.2 Å². The standard InChI is InChI=1S/C19H24FN3O/c1-3-23-13(2)21-19(18(23)24)9-8-14-10-22(12-16(14)19)11-15-6-4-5-7-17(15)20/h4-7,14,16H,3,8-12H2,1-2H3/t14-,16+,19-/m1/s1. The van der Waals surface area contributed by atoms with Crippen molar-refractivity contribution in [3.8, 4) is 0 Å². The van der Waals surface area contributed by atoms with Gasteiger partial charge in [-0.3, -0.25) is 19.6 Å². The van der Waals surface area contributed by atoms with Gasteiger partial charge in [-0.2, -0.15) is 0 Å². The fourth-order valence-corrected chi connectivity index (χ4v) is 4.94. The summed E-state index contributed by atoms with van der Waals surface area (Å²) >= 11 is 0. The third kappa shape index (κ3) is 2.21. The van der Waals surface area contributed by atoms with Gasteiger partial charge < -0.3 is 0 Å². The van der Waals surface area contributed by atoms with E-state index in [1.165, 1.54) is 6.07 Å². The van der Waals surface area contributed by atoms with E-state index in [1.807, 2.05) is 30.9 Å². The number of carbonyl (C=O) groups excluding carboxylic acids is 1. The molecular formula is C19H24FN3O. The van der Waals surface area contributed by atoms with Gasteiger partial charge in [0.05, 0.1) is 0 Å². The van der Waals surface area contributed by atoms with E-state index in [4.69, 9.17) is 4.99 Å². The molecule has 1 aliphatic carbocycles. The highest BCUT2D eigenvalue weighted by atomic mass is 19.1. The number of hydrogen-bond donors (Lipinski definition) is 0. The van der Waals surface area contributed by atoms with Gasteiger partial charge in [0.25, 0.3) is 5.91 Å². The summed E-state index contributed by atoms with van der Waals surface area (Å²) in [7, 11) is 0. The molecule has 24 heavy (non-hydrogen) atoms. The molecule has 0 radical (unpaired) electrons. The van der Waals surface area contributed by atoms with E-state index >= 15 is 0 Å². The molecule has 1 spiro atoms. The van der Waals surface area contributed by atoms with Crippen LogP contribution in [0.25, 0.3) is 0 Å². The first-order valence-corrected chi connectivity index (χ1v) is 8.89. The number of likely N-dealkylation sites (tertiary alicyclic amines) is 1. The van der Waals surface area contributed by atoms with Crippen LogP contribution in [0.5, 0.6) is 0 Å². The van der Waals surface area contributed by atoms with E-state index in [0.29, 0.717) is 19.0 Å². The van der Waals surface area contributed by atoms with Crippen molar-refractivity contribution < 1.29 is 9.18 Å². The zero-order valence-electron chi connectivity index (χ0n) is 14.3. The number of likely N-dealkylation sites (N-methyl/N-ethyl adjacent to an activating group) is 1. The van der Waals surface area contributed by atoms with Crippen molar-refractivity contribution in [1.82, 2.24) is 9.80 Å². The second-order valence-electron chi connectivity index (χ2n) is 7.32. The number of nitrogens with zero attached hydrogens (tertiary/aromatic N) is 3. The molecule has 1 aromatic carbocycles. The fraction of sp³-hybridized carbons (Fsp3) is 0.579. The molecule has 3 aliphatic rings. The number of fused-ring (bicyclic) bond motifs is 2. The molecule has 4 nitrogen and oxygen atoms in total. The molecule has 2 fully saturated rings. The molecule has 1 saturated heterocycles. The van der Waals surface area contributed by atoms with Gasteiger partial charge in [0.2, 0.25) is 0 Å². The van der Waals surface area contributed by atoms with Crippen molar-refractivity contribution in [2.45, 2.75) is 38.8 Å². The van der Waals surface area contributed by atoms with Gasteiger partial charge in [-0.25, -0.2) is 4.39 Å². The zero-order valence-corrected chi connectivity index (χ0v) is 14.3. The van der Waals surface area contributed by atoms with Gasteiger partial charge in [-0.15, -0.1) is 0 Å². The summed E-state index contributed by atoms with van der Waals surface area (Å²) in [4.78, 5) is 21.9. The molecule has 2 heterocycles. The molecule has 0 N–H and O–H groups in total. The SMILES string of the molecule is CCN1C(=O)[C@]2(CC[C@@H]3CN(Cc4ccccc4F)C[C@@H]32)N=C1C. The fourth-order valence-electron chi connectivity index (χ4n) is 4.94. The quantitative estimate of drug-likeness (QED) is 0.855. The number of hydrogen-bond acceptors (Lipinski definition) is 3. The minimum atomic E-state index is -0.547. The summed E-state index contributed by atoms with van der Waals surface area (Å²) < 4.78 is 13.9. The largest absolute Gasteiger partial charge is 0.299 e. The molecule has 0 bridgehead atoms. The smallest absolute Gasteiger partial charge is 0.256 e. The highest BCUT2D eigenvalue weighted by Crippen LogP contribution is 2.50. The summed E-state index contributed by atoms with van der Waals surface area (Å²) in [6, 6.07) is 6.96. The number of amides is 1. The van der Waals surface area contributed by atoms with Crippen molar-refractivity contribution in [3.63, 3.8) is 0 Å². The molecule has 5 heteroatoms. The van der Waals surface area contributed by atoms with E-state index in [9.17, 15) is 9.18 Å². The highest BCUT2D eigenvalue weighted by Gasteiger charge is 2.60. The van der Waals surface area contributed by atoms with Crippen LogP contribution in [-0.2, 0) is 11.3 Å². The van der Waals surface area contributed by atoms with Crippen LogP contribution in [-0.4, -0.2) is 46.7 Å². The Morgan fingerprint density at radius 3 is 2.83 bits per heavy atom. The van der Waals surface area contributed by atoms with E-state index in [-0.39, 0.29) is 17.6 Å². The van der Waals surface area contributed by atoms with Crippen LogP contribution in [0, 0.1) is 17.7 Å². The summed E-state index contributed by atoms with van der Waals surface area (Å²) in [5.74, 6) is 1.66. The first-order valence-electron chi connectivity index (χ1n) is 8.89. The van der Waals surface area contributed by atoms with Crippen LogP contribution in [0.4, 0.5) is 4.39 Å². The highest BCUT2D eigenvalue weighted by molar-refractivity contribution is 6.07. The first-order chi connectivity index (χ1) is 11.5. The number of aliphatic imine (C=N–C) groups is 1. The minimum absolute atomic E-state index is 0.146. The Morgan fingerprint density at radius 1 is 1.33 bits per heavy atom. The summed E-state index contributed by atoms with van der Waals surface area (Å²) in [6.45, 7) is 7.02. The van der Waals surface area contributed by atoms with Gasteiger partial charge >= 0.3 is 0 Å². The van der Waals surface area contributed by atoms with Gasteiger partial charge in [0, 0.05) is 37.7 Å². The third-order valence-electron chi connectivity index (χ3n) is 6.06. The lowest BCUT2D eigenvalue weighted by Gasteiger charge is -2.28. The molecule has 3 atom stereocenters. The predicted octanol–water partition coefficient (Wildman–Crippen LogP) is 2.69. The normalized spacial score (nSPS) is 32.7. The van der Waals surface area contributed by atoms with Crippen LogP contribution in [0.2, 0.25) is 0 Å². The molecule has 0 unspecified atom stereocenters. The van der Waals surface area contributed by atoms with Crippen LogP contribution in [0.15, 0.2) is 29.3 Å². The van der Waals surface area contributed by atoms with Crippen LogP contribution >= 0.6 is 0 Å². The maximum atomic E-state index is 13.9. The molecule has 128 valence electrons. The number of benzene rings is 1. The molecule has 4 rings (SSSR count). The van der Waals surface area contributed by atoms with E-state index in [2.05, 4.69) is 4.90 Å². The van der Waals surface area contributed by atoms with Crippen molar-refractivity contribution in [1.29, 1.82) is 0 Å². The van der Waals surface area contributed by atoms with Crippen molar-refractivity contribution in [2.24, 2.45) is 16.8 Å². The molecule has 1 saturated carbocycles. The molecule has 1 amide bonds. The molecular weight excluding hydrogens is 305 g/mol. The Morgan fingerprint density at radius 2 is 2.12 bits per heavy atom. The topological polar surface area (TPSA) is 35.9 Å². The minimum Gasteiger partial charge on any atom is -0.299 e. The maximum Gasteiger partial charge on any atom is 0.256 e. The number of carbonyl (C=O) groups is 1. The van der Waals surface area contributed by atoms with Crippen molar-refractivity contribution >= 4 is 11.7 Å². The van der Waals surface area contributed by atoms with Gasteiger partial charge in [0.15, 0.2) is 0 Å². The van der Waals surface area contributed by atoms with Crippen LogP contribution in [0.3, 0.4) is 0 Å². The average molecular weight is 329 g/mol. The Kier molecular flexibility index (Phi) is 3.71. The van der Waals surface area contributed by atoms with E-state index < -0.39 is 5.54 Å². The average Bonchev–Trinajstić information content (AvgIpc) is 3.17. The Labute approximate surface area is 142 Å². The number of halogens is 1. The van der Waals surface area contributed by atoms with Crippen molar-refractivity contribution in [2.75, 3.05) is 19.6 Å². The van der Waals surface area contributed by atoms with Crippen LogP contribution in [0.1, 0.15) is 32.3 Å². The lowest BCUT2D eigenvalue weighted by Crippen LogP contribution is -2.46. The number of rotatable bonds is 3. The third-order valence-corrected chi connectivity index (χ3v) is 6.06. The second-order valence-corrected chi connectivity index (χ2v) is 7.32. The van der Waals surface area contributed by atoms with E-state index in [0.717, 1.165) is 37.3 Å². The zero-order chi connectivity index (χ0) is 16.9. The Hall–Kier alpha value is -1.75. The molecule has 0 aromatic heterocycles. The summed E-state index contributed by atoms with van der Waals surface area (Å²) in [6.07, 6.45) is 1.90. The summed E-state index contributed by atoms with van der Waals surface area (Å²) in [5.41, 5.74) is 0.188. The Bertz CT molecular complexity index is 704. The van der Waals surface area contributed by atoms with Crippen LogP contribution < -0.4 is 0 Å². The molecule has 1 aromatic rings.